The van der Waals surface area contributed by atoms with Crippen LogP contribution < -0.4 is 5.73 Å². The van der Waals surface area contributed by atoms with Crippen LogP contribution in [0, 0.1) is 0 Å². The molecule has 0 aliphatic heterocycles. The molecule has 1 fully saturated rings. The van der Waals surface area contributed by atoms with E-state index < -0.39 is 0 Å². The lowest BCUT2D eigenvalue weighted by Gasteiger charge is -2.35. The van der Waals surface area contributed by atoms with E-state index in [0.29, 0.717) is 0 Å². The Balaban J connectivity index is 2.23. The highest BCUT2D eigenvalue weighted by Crippen LogP contribution is 2.37. The summed E-state index contributed by atoms with van der Waals surface area (Å²) in [6.07, 6.45) is 8.21. The lowest BCUT2D eigenvalue weighted by molar-refractivity contribution is 0.293. The molecule has 1 aliphatic carbocycles. The van der Waals surface area contributed by atoms with Gasteiger partial charge in [-0.2, -0.15) is 5.10 Å². The van der Waals surface area contributed by atoms with Gasteiger partial charge in [-0.25, -0.2) is 0 Å². The predicted octanol–water partition coefficient (Wildman–Crippen LogP) is 1.57. The van der Waals surface area contributed by atoms with Gasteiger partial charge >= 0.3 is 0 Å². The first kappa shape index (κ1) is 8.75. The van der Waals surface area contributed by atoms with Crippen LogP contribution >= 0.6 is 0 Å². The average Bonchev–Trinajstić information content (AvgIpc) is 2.72. The zero-order valence-electron chi connectivity index (χ0n) is 7.92. The van der Waals surface area contributed by atoms with E-state index in [1.165, 1.54) is 37.8 Å². The third-order valence-electron chi connectivity index (χ3n) is 3.27. The Morgan fingerprint density at radius 3 is 2.69 bits per heavy atom. The molecule has 3 N–H and O–H groups in total. The van der Waals surface area contributed by atoms with E-state index in [2.05, 4.69) is 16.3 Å². The molecule has 0 amide bonds. The lowest BCUT2D eigenvalue weighted by Crippen LogP contribution is -2.37. The Labute approximate surface area is 78.7 Å². The first-order chi connectivity index (χ1) is 6.37. The number of hydrogen-bond acceptors (Lipinski definition) is 2. The average molecular weight is 179 g/mol. The Bertz CT molecular complexity index is 247. The molecule has 0 saturated heterocycles. The molecule has 0 bridgehead atoms. The summed E-state index contributed by atoms with van der Waals surface area (Å²) in [4.78, 5) is 0. The van der Waals surface area contributed by atoms with E-state index in [9.17, 15) is 0 Å². The van der Waals surface area contributed by atoms with Gasteiger partial charge in [0.2, 0.25) is 0 Å². The lowest BCUT2D eigenvalue weighted by atomic mass is 9.72. The fourth-order valence-electron chi connectivity index (χ4n) is 2.36. The van der Waals surface area contributed by atoms with Crippen molar-refractivity contribution in [2.45, 2.75) is 37.5 Å². The van der Waals surface area contributed by atoms with Gasteiger partial charge < -0.3 is 5.73 Å². The van der Waals surface area contributed by atoms with Crippen molar-refractivity contribution < 1.29 is 0 Å². The maximum Gasteiger partial charge on any atom is 0.0490 e. The molecular weight excluding hydrogens is 162 g/mol. The van der Waals surface area contributed by atoms with Crippen LogP contribution in [-0.2, 0) is 5.41 Å². The second-order valence-electron chi connectivity index (χ2n) is 4.02. The molecule has 1 aliphatic rings. The van der Waals surface area contributed by atoms with Crippen LogP contribution in [0.4, 0.5) is 0 Å². The van der Waals surface area contributed by atoms with Crippen LogP contribution in [0.15, 0.2) is 12.3 Å². The SMILES string of the molecule is NCC1(c2ccn[nH]2)CCCCC1. The number of nitrogens with two attached hydrogens (primary N) is 1. The van der Waals surface area contributed by atoms with Crippen LogP contribution in [0.1, 0.15) is 37.8 Å². The summed E-state index contributed by atoms with van der Waals surface area (Å²) in [6, 6.07) is 2.07. The van der Waals surface area contributed by atoms with Crippen LogP contribution in [0.2, 0.25) is 0 Å². The zero-order valence-corrected chi connectivity index (χ0v) is 7.92. The highest BCUT2D eigenvalue weighted by molar-refractivity contribution is 5.16. The largest absolute Gasteiger partial charge is 0.330 e. The van der Waals surface area contributed by atoms with E-state index in [-0.39, 0.29) is 5.41 Å². The normalized spacial score (nSPS) is 21.6. The van der Waals surface area contributed by atoms with E-state index >= 15 is 0 Å². The number of aromatic nitrogens is 2. The zero-order chi connectivity index (χ0) is 9.15. The summed E-state index contributed by atoms with van der Waals surface area (Å²) in [5.41, 5.74) is 7.32. The molecule has 0 atom stereocenters. The second kappa shape index (κ2) is 3.50. The summed E-state index contributed by atoms with van der Waals surface area (Å²) < 4.78 is 0. The van der Waals surface area contributed by atoms with E-state index in [1.54, 1.807) is 0 Å². The monoisotopic (exact) mass is 179 g/mol. The van der Waals surface area contributed by atoms with Gasteiger partial charge in [0.05, 0.1) is 0 Å². The molecule has 0 spiro atoms. The van der Waals surface area contributed by atoms with Crippen LogP contribution in [0.3, 0.4) is 0 Å². The molecule has 2 rings (SSSR count). The molecule has 0 unspecified atom stereocenters. The van der Waals surface area contributed by atoms with Crippen molar-refractivity contribution >= 4 is 0 Å². The highest BCUT2D eigenvalue weighted by atomic mass is 15.1. The quantitative estimate of drug-likeness (QED) is 0.724. The van der Waals surface area contributed by atoms with Crippen molar-refractivity contribution in [3.05, 3.63) is 18.0 Å². The molecular formula is C10H17N3. The summed E-state index contributed by atoms with van der Waals surface area (Å²) in [7, 11) is 0. The van der Waals surface area contributed by atoms with Crippen molar-refractivity contribution in [2.24, 2.45) is 5.73 Å². The van der Waals surface area contributed by atoms with Gasteiger partial charge in [-0.15, -0.1) is 0 Å². The number of aromatic amines is 1. The minimum atomic E-state index is 0.203. The van der Waals surface area contributed by atoms with Crippen LogP contribution in [0.5, 0.6) is 0 Å². The molecule has 1 heterocycles. The second-order valence-corrected chi connectivity index (χ2v) is 4.02. The third-order valence-corrected chi connectivity index (χ3v) is 3.27. The first-order valence-corrected chi connectivity index (χ1v) is 5.07. The van der Waals surface area contributed by atoms with Crippen molar-refractivity contribution in [2.75, 3.05) is 6.54 Å². The Morgan fingerprint density at radius 2 is 2.15 bits per heavy atom. The molecule has 3 heteroatoms. The van der Waals surface area contributed by atoms with Gasteiger partial charge in [0.25, 0.3) is 0 Å². The summed E-state index contributed by atoms with van der Waals surface area (Å²) >= 11 is 0. The van der Waals surface area contributed by atoms with Gasteiger partial charge in [-0.05, 0) is 18.9 Å². The van der Waals surface area contributed by atoms with Gasteiger partial charge in [0.1, 0.15) is 0 Å². The minimum absolute atomic E-state index is 0.203. The standard InChI is InChI=1S/C10H17N3/c11-8-10(5-2-1-3-6-10)9-4-7-12-13-9/h4,7H,1-3,5-6,8,11H2,(H,12,13). The summed E-state index contributed by atoms with van der Waals surface area (Å²) in [6.45, 7) is 0.745. The Kier molecular flexibility index (Phi) is 2.36. The molecule has 3 nitrogen and oxygen atoms in total. The predicted molar refractivity (Wildman–Crippen MR) is 52.4 cm³/mol. The molecule has 1 aromatic heterocycles. The number of rotatable bonds is 2. The molecule has 1 saturated carbocycles. The van der Waals surface area contributed by atoms with Crippen molar-refractivity contribution in [3.8, 4) is 0 Å². The van der Waals surface area contributed by atoms with Crippen LogP contribution in [-0.4, -0.2) is 16.7 Å². The third kappa shape index (κ3) is 1.48. The number of nitrogens with zero attached hydrogens (tertiary/aromatic N) is 1. The summed E-state index contributed by atoms with van der Waals surface area (Å²) in [5.74, 6) is 0. The van der Waals surface area contributed by atoms with Gasteiger partial charge in [0, 0.05) is 23.9 Å². The fraction of sp³-hybridized carbons (Fsp3) is 0.700. The van der Waals surface area contributed by atoms with E-state index in [4.69, 9.17) is 5.73 Å². The van der Waals surface area contributed by atoms with Gasteiger partial charge in [-0.1, -0.05) is 19.3 Å². The number of hydrogen-bond donors (Lipinski definition) is 2. The first-order valence-electron chi connectivity index (χ1n) is 5.07. The molecule has 72 valence electrons. The van der Waals surface area contributed by atoms with Gasteiger partial charge in [-0.3, -0.25) is 5.10 Å². The van der Waals surface area contributed by atoms with Crippen molar-refractivity contribution in [1.29, 1.82) is 0 Å². The minimum Gasteiger partial charge on any atom is -0.330 e. The van der Waals surface area contributed by atoms with E-state index in [1.807, 2.05) is 6.20 Å². The molecule has 0 radical (unpaired) electrons. The Morgan fingerprint density at radius 1 is 1.38 bits per heavy atom. The highest BCUT2D eigenvalue weighted by Gasteiger charge is 2.33. The maximum atomic E-state index is 5.88. The molecule has 13 heavy (non-hydrogen) atoms. The number of H-pyrrole nitrogens is 1. The van der Waals surface area contributed by atoms with E-state index in [0.717, 1.165) is 6.54 Å². The molecule has 0 aromatic carbocycles. The maximum absolute atomic E-state index is 5.88. The van der Waals surface area contributed by atoms with Crippen molar-refractivity contribution in [1.82, 2.24) is 10.2 Å². The van der Waals surface area contributed by atoms with Crippen molar-refractivity contribution in [3.63, 3.8) is 0 Å². The topological polar surface area (TPSA) is 54.7 Å². The summed E-state index contributed by atoms with van der Waals surface area (Å²) in [5, 5.41) is 7.08. The van der Waals surface area contributed by atoms with Crippen LogP contribution in [0.25, 0.3) is 0 Å². The molecule has 1 aromatic rings. The van der Waals surface area contributed by atoms with Gasteiger partial charge in [0.15, 0.2) is 0 Å². The fourth-order valence-corrected chi connectivity index (χ4v) is 2.36. The number of nitrogens with one attached hydrogen (secondary N) is 1. The Hall–Kier alpha value is -0.830. The smallest absolute Gasteiger partial charge is 0.0490 e.